The maximum atomic E-state index is 12.2. The predicted octanol–water partition coefficient (Wildman–Crippen LogP) is 1.80. The zero-order valence-corrected chi connectivity index (χ0v) is 15.6. The monoisotopic (exact) mass is 377 g/mol. The van der Waals surface area contributed by atoms with Gasteiger partial charge in [0.05, 0.1) is 18.0 Å². The molecule has 2 rings (SSSR count). The maximum Gasteiger partial charge on any atom is 0.238 e. The Balaban J connectivity index is 1.91. The van der Waals surface area contributed by atoms with Crippen molar-refractivity contribution in [2.75, 3.05) is 25.5 Å². The van der Waals surface area contributed by atoms with Crippen molar-refractivity contribution in [1.82, 2.24) is 4.90 Å². The summed E-state index contributed by atoms with van der Waals surface area (Å²) >= 11 is 0. The summed E-state index contributed by atoms with van der Waals surface area (Å²) in [4.78, 5) is 14.0. The molecule has 0 bridgehead atoms. The fraction of sp³-hybridized carbons (Fsp3) is 0.278. The highest BCUT2D eigenvalue weighted by Gasteiger charge is 2.11. The Hall–Kier alpha value is -2.42. The van der Waals surface area contributed by atoms with E-state index in [1.165, 1.54) is 18.2 Å². The lowest BCUT2D eigenvalue weighted by Crippen LogP contribution is -2.29. The molecule has 8 heteroatoms. The average Bonchev–Trinajstić information content (AvgIpc) is 2.56. The van der Waals surface area contributed by atoms with Crippen LogP contribution in [0.3, 0.4) is 0 Å². The molecule has 3 N–H and O–H groups in total. The number of nitrogens with one attached hydrogen (secondary N) is 1. The van der Waals surface area contributed by atoms with E-state index in [9.17, 15) is 13.2 Å². The van der Waals surface area contributed by atoms with Crippen molar-refractivity contribution in [2.24, 2.45) is 5.14 Å². The van der Waals surface area contributed by atoms with Crippen LogP contribution in [-0.4, -0.2) is 39.4 Å². The molecule has 0 spiro atoms. The minimum absolute atomic E-state index is 0.0435. The SMILES string of the molecule is CCOc1ccc(CN(C)CC(=O)Nc2cccc(S(N)(=O)=O)c2)cc1. The Morgan fingerprint density at radius 3 is 2.50 bits per heavy atom. The zero-order chi connectivity index (χ0) is 19.2. The standard InChI is InChI=1S/C18H23N3O4S/c1-3-25-16-9-7-14(8-10-16)12-21(2)13-18(22)20-15-5-4-6-17(11-15)26(19,23)24/h4-11H,3,12-13H2,1-2H3,(H,20,22)(H2,19,23,24). The minimum atomic E-state index is -3.80. The van der Waals surface area contributed by atoms with Crippen molar-refractivity contribution < 1.29 is 17.9 Å². The van der Waals surface area contributed by atoms with E-state index in [2.05, 4.69) is 5.32 Å². The molecule has 7 nitrogen and oxygen atoms in total. The second-order valence-electron chi connectivity index (χ2n) is 5.87. The summed E-state index contributed by atoms with van der Waals surface area (Å²) in [6.45, 7) is 3.30. The van der Waals surface area contributed by atoms with Gasteiger partial charge in [-0.3, -0.25) is 9.69 Å². The van der Waals surface area contributed by atoms with Gasteiger partial charge in [-0.2, -0.15) is 0 Å². The number of primary sulfonamides is 1. The quantitative estimate of drug-likeness (QED) is 0.730. The van der Waals surface area contributed by atoms with Crippen LogP contribution in [0, 0.1) is 0 Å². The van der Waals surface area contributed by atoms with E-state index in [4.69, 9.17) is 9.88 Å². The lowest BCUT2D eigenvalue weighted by molar-refractivity contribution is -0.117. The predicted molar refractivity (Wildman–Crippen MR) is 100 cm³/mol. The number of anilines is 1. The van der Waals surface area contributed by atoms with Crippen LogP contribution in [-0.2, 0) is 21.4 Å². The molecule has 2 aromatic carbocycles. The number of hydrogen-bond acceptors (Lipinski definition) is 5. The van der Waals surface area contributed by atoms with Gasteiger partial charge in [0, 0.05) is 12.2 Å². The molecule has 0 aliphatic rings. The number of hydrogen-bond donors (Lipinski definition) is 2. The van der Waals surface area contributed by atoms with Crippen LogP contribution in [0.15, 0.2) is 53.4 Å². The van der Waals surface area contributed by atoms with Crippen molar-refractivity contribution in [2.45, 2.75) is 18.4 Å². The summed E-state index contributed by atoms with van der Waals surface area (Å²) in [5.41, 5.74) is 1.44. The molecule has 0 heterocycles. The van der Waals surface area contributed by atoms with Gasteiger partial charge in [-0.15, -0.1) is 0 Å². The van der Waals surface area contributed by atoms with Gasteiger partial charge in [0.1, 0.15) is 5.75 Å². The summed E-state index contributed by atoms with van der Waals surface area (Å²) in [7, 11) is -1.97. The van der Waals surface area contributed by atoms with E-state index in [0.29, 0.717) is 18.8 Å². The lowest BCUT2D eigenvalue weighted by atomic mass is 10.2. The zero-order valence-electron chi connectivity index (χ0n) is 14.8. The first-order valence-corrected chi connectivity index (χ1v) is 9.65. The second kappa shape index (κ2) is 8.79. The lowest BCUT2D eigenvalue weighted by Gasteiger charge is -2.17. The highest BCUT2D eigenvalue weighted by Crippen LogP contribution is 2.15. The molecule has 0 aliphatic carbocycles. The Labute approximate surface area is 153 Å². The van der Waals surface area contributed by atoms with E-state index >= 15 is 0 Å². The average molecular weight is 377 g/mol. The molecule has 1 amide bonds. The van der Waals surface area contributed by atoms with Crippen molar-refractivity contribution in [3.63, 3.8) is 0 Å². The van der Waals surface area contributed by atoms with Gasteiger partial charge in [-0.1, -0.05) is 18.2 Å². The number of carbonyl (C=O) groups excluding carboxylic acids is 1. The summed E-state index contributed by atoms with van der Waals surface area (Å²) in [6.07, 6.45) is 0. The van der Waals surface area contributed by atoms with Gasteiger partial charge in [0.15, 0.2) is 0 Å². The molecule has 2 aromatic rings. The molecule has 0 fully saturated rings. The molecule has 26 heavy (non-hydrogen) atoms. The van der Waals surface area contributed by atoms with Crippen molar-refractivity contribution in [3.8, 4) is 5.75 Å². The van der Waals surface area contributed by atoms with Crippen molar-refractivity contribution >= 4 is 21.6 Å². The van der Waals surface area contributed by atoms with Crippen molar-refractivity contribution in [3.05, 3.63) is 54.1 Å². The van der Waals surface area contributed by atoms with Gasteiger partial charge in [-0.05, 0) is 49.9 Å². The topological polar surface area (TPSA) is 102 Å². The van der Waals surface area contributed by atoms with Crippen LogP contribution in [0.5, 0.6) is 5.75 Å². The highest BCUT2D eigenvalue weighted by molar-refractivity contribution is 7.89. The number of likely N-dealkylation sites (N-methyl/N-ethyl adjacent to an activating group) is 1. The Kier molecular flexibility index (Phi) is 6.73. The number of benzene rings is 2. The third kappa shape index (κ3) is 6.14. The number of ether oxygens (including phenoxy) is 1. The first-order valence-electron chi connectivity index (χ1n) is 8.11. The summed E-state index contributed by atoms with van der Waals surface area (Å²) in [5.74, 6) is 0.566. The molecule has 0 saturated heterocycles. The van der Waals surface area contributed by atoms with Crippen LogP contribution in [0.1, 0.15) is 12.5 Å². The van der Waals surface area contributed by atoms with E-state index in [1.807, 2.05) is 43.1 Å². The highest BCUT2D eigenvalue weighted by atomic mass is 32.2. The number of rotatable bonds is 8. The maximum absolute atomic E-state index is 12.2. The van der Waals surface area contributed by atoms with Crippen LogP contribution in [0.2, 0.25) is 0 Å². The molecule has 0 radical (unpaired) electrons. The van der Waals surface area contributed by atoms with Gasteiger partial charge < -0.3 is 10.1 Å². The van der Waals surface area contributed by atoms with Gasteiger partial charge in [0.25, 0.3) is 0 Å². The van der Waals surface area contributed by atoms with Gasteiger partial charge >= 0.3 is 0 Å². The number of carbonyl (C=O) groups is 1. The molecule has 0 unspecified atom stereocenters. The molecule has 0 saturated carbocycles. The Morgan fingerprint density at radius 2 is 1.88 bits per heavy atom. The number of sulfonamides is 1. The van der Waals surface area contributed by atoms with Crippen LogP contribution in [0.4, 0.5) is 5.69 Å². The third-order valence-corrected chi connectivity index (χ3v) is 4.46. The smallest absolute Gasteiger partial charge is 0.238 e. The summed E-state index contributed by atoms with van der Waals surface area (Å²) in [6, 6.07) is 13.5. The molecule has 0 aliphatic heterocycles. The largest absolute Gasteiger partial charge is 0.494 e. The Morgan fingerprint density at radius 1 is 1.19 bits per heavy atom. The summed E-state index contributed by atoms with van der Waals surface area (Å²) < 4.78 is 28.1. The molecular formula is C18H23N3O4S. The second-order valence-corrected chi connectivity index (χ2v) is 7.43. The molecular weight excluding hydrogens is 354 g/mol. The first-order chi connectivity index (χ1) is 12.3. The van der Waals surface area contributed by atoms with Crippen LogP contribution in [0.25, 0.3) is 0 Å². The number of amides is 1. The van der Waals surface area contributed by atoms with Crippen LogP contribution < -0.4 is 15.2 Å². The summed E-state index contributed by atoms with van der Waals surface area (Å²) in [5, 5.41) is 7.77. The molecule has 0 aromatic heterocycles. The van der Waals surface area contributed by atoms with Gasteiger partial charge in [-0.25, -0.2) is 13.6 Å². The van der Waals surface area contributed by atoms with E-state index < -0.39 is 10.0 Å². The minimum Gasteiger partial charge on any atom is -0.494 e. The normalized spacial score (nSPS) is 11.4. The third-order valence-electron chi connectivity index (χ3n) is 3.55. The first kappa shape index (κ1) is 19.9. The van der Waals surface area contributed by atoms with Crippen molar-refractivity contribution in [1.29, 1.82) is 0 Å². The van der Waals surface area contributed by atoms with Gasteiger partial charge in [0.2, 0.25) is 15.9 Å². The van der Waals surface area contributed by atoms with E-state index in [-0.39, 0.29) is 17.3 Å². The molecule has 140 valence electrons. The van der Waals surface area contributed by atoms with E-state index in [1.54, 1.807) is 6.07 Å². The van der Waals surface area contributed by atoms with Crippen LogP contribution >= 0.6 is 0 Å². The number of nitrogens with zero attached hydrogens (tertiary/aromatic N) is 1. The van der Waals surface area contributed by atoms with E-state index in [0.717, 1.165) is 11.3 Å². The fourth-order valence-corrected chi connectivity index (χ4v) is 2.98. The molecule has 0 atom stereocenters. The Bertz CT molecular complexity index is 851. The fourth-order valence-electron chi connectivity index (χ4n) is 2.42. The number of nitrogens with two attached hydrogens (primary N) is 1.